The SMILES string of the molecule is N#CCCC1CN(S(=O)(=O)c2cc3cc(Cl)ccc3[nH]2)CCN1C(=O)c1ncc(-c2ccncc2)cn1. The first kappa shape index (κ1) is 24.8. The maximum absolute atomic E-state index is 13.4. The van der Waals surface area contributed by atoms with E-state index in [2.05, 4.69) is 26.0 Å². The summed E-state index contributed by atoms with van der Waals surface area (Å²) in [6.45, 7) is 0.305. The zero-order chi connectivity index (χ0) is 26.0. The van der Waals surface area contributed by atoms with E-state index >= 15 is 0 Å². The van der Waals surface area contributed by atoms with Gasteiger partial charge >= 0.3 is 0 Å². The zero-order valence-electron chi connectivity index (χ0n) is 19.6. The number of halogens is 1. The highest BCUT2D eigenvalue weighted by Gasteiger charge is 2.37. The van der Waals surface area contributed by atoms with Crippen molar-refractivity contribution in [3.8, 4) is 17.2 Å². The van der Waals surface area contributed by atoms with E-state index in [0.717, 1.165) is 11.1 Å². The van der Waals surface area contributed by atoms with Gasteiger partial charge in [-0.15, -0.1) is 0 Å². The molecule has 1 N–H and O–H groups in total. The van der Waals surface area contributed by atoms with Crippen LogP contribution in [0.3, 0.4) is 0 Å². The molecule has 37 heavy (non-hydrogen) atoms. The number of nitriles is 1. The van der Waals surface area contributed by atoms with Gasteiger partial charge in [-0.2, -0.15) is 9.57 Å². The highest BCUT2D eigenvalue weighted by molar-refractivity contribution is 7.89. The van der Waals surface area contributed by atoms with Gasteiger partial charge in [-0.25, -0.2) is 18.4 Å². The van der Waals surface area contributed by atoms with Crippen LogP contribution >= 0.6 is 11.6 Å². The molecule has 1 saturated heterocycles. The van der Waals surface area contributed by atoms with Crippen molar-refractivity contribution in [3.63, 3.8) is 0 Å². The molecule has 1 aliphatic heterocycles. The number of aromatic amines is 1. The molecule has 1 atom stereocenters. The summed E-state index contributed by atoms with van der Waals surface area (Å²) >= 11 is 6.04. The third kappa shape index (κ3) is 5.04. The number of nitrogens with zero attached hydrogens (tertiary/aromatic N) is 6. The van der Waals surface area contributed by atoms with E-state index < -0.39 is 22.0 Å². The van der Waals surface area contributed by atoms with Crippen LogP contribution in [0, 0.1) is 11.3 Å². The number of nitrogens with one attached hydrogen (secondary N) is 1. The van der Waals surface area contributed by atoms with E-state index in [4.69, 9.17) is 16.9 Å². The summed E-state index contributed by atoms with van der Waals surface area (Å²) in [6, 6.07) is 11.9. The van der Waals surface area contributed by atoms with Gasteiger partial charge in [0.25, 0.3) is 15.9 Å². The van der Waals surface area contributed by atoms with Crippen LogP contribution in [0.15, 0.2) is 66.2 Å². The minimum Gasteiger partial charge on any atom is -0.345 e. The number of fused-ring (bicyclic) bond motifs is 1. The fourth-order valence-corrected chi connectivity index (χ4v) is 6.07. The van der Waals surface area contributed by atoms with Gasteiger partial charge in [0.1, 0.15) is 5.03 Å². The number of rotatable bonds is 6. The topological polar surface area (TPSA) is 136 Å². The number of H-pyrrole nitrogens is 1. The monoisotopic (exact) mass is 535 g/mol. The van der Waals surface area contributed by atoms with Gasteiger partial charge in [0, 0.05) is 78.4 Å². The number of aromatic nitrogens is 4. The number of hydrogen-bond acceptors (Lipinski definition) is 7. The van der Waals surface area contributed by atoms with Crippen molar-refractivity contribution in [1.29, 1.82) is 5.26 Å². The number of carbonyl (C=O) groups is 1. The van der Waals surface area contributed by atoms with Crippen LogP contribution in [0.1, 0.15) is 23.5 Å². The van der Waals surface area contributed by atoms with Crippen molar-refractivity contribution in [2.75, 3.05) is 19.6 Å². The van der Waals surface area contributed by atoms with Crippen LogP contribution in [0.4, 0.5) is 0 Å². The minimum absolute atomic E-state index is 0.0172. The fourth-order valence-electron chi connectivity index (χ4n) is 4.41. The second-order valence-electron chi connectivity index (χ2n) is 8.61. The van der Waals surface area contributed by atoms with Gasteiger partial charge in [-0.05, 0) is 48.4 Å². The molecule has 1 fully saturated rings. The van der Waals surface area contributed by atoms with Crippen molar-refractivity contribution < 1.29 is 13.2 Å². The number of amides is 1. The molecule has 0 radical (unpaired) electrons. The number of hydrogen-bond donors (Lipinski definition) is 1. The molecular weight excluding hydrogens is 514 g/mol. The second-order valence-corrected chi connectivity index (χ2v) is 11.0. The van der Waals surface area contributed by atoms with Crippen molar-refractivity contribution in [2.45, 2.75) is 23.9 Å². The molecule has 1 aromatic carbocycles. The van der Waals surface area contributed by atoms with E-state index in [1.807, 2.05) is 12.1 Å². The van der Waals surface area contributed by atoms with E-state index in [-0.39, 0.29) is 36.9 Å². The van der Waals surface area contributed by atoms with Crippen LogP contribution < -0.4 is 0 Å². The highest BCUT2D eigenvalue weighted by Crippen LogP contribution is 2.27. The van der Waals surface area contributed by atoms with Crippen LogP contribution in [0.25, 0.3) is 22.0 Å². The molecular formula is C25H22ClN7O3S. The molecule has 188 valence electrons. The molecule has 0 spiro atoms. The van der Waals surface area contributed by atoms with E-state index in [1.54, 1.807) is 54.0 Å². The Morgan fingerprint density at radius 1 is 1.11 bits per heavy atom. The number of pyridine rings is 1. The molecule has 3 aromatic heterocycles. The predicted octanol–water partition coefficient (Wildman–Crippen LogP) is 3.49. The maximum atomic E-state index is 13.4. The number of sulfonamides is 1. The van der Waals surface area contributed by atoms with Crippen LogP contribution in [0.5, 0.6) is 0 Å². The summed E-state index contributed by atoms with van der Waals surface area (Å²) in [7, 11) is -3.87. The van der Waals surface area contributed by atoms with Gasteiger partial charge in [0.15, 0.2) is 0 Å². The van der Waals surface area contributed by atoms with E-state index in [9.17, 15) is 13.2 Å². The first-order valence-corrected chi connectivity index (χ1v) is 13.4. The van der Waals surface area contributed by atoms with Crippen molar-refractivity contribution in [2.24, 2.45) is 0 Å². The predicted molar refractivity (Wildman–Crippen MR) is 137 cm³/mol. The molecule has 1 amide bonds. The Morgan fingerprint density at radius 2 is 1.86 bits per heavy atom. The lowest BCUT2D eigenvalue weighted by atomic mass is 10.1. The van der Waals surface area contributed by atoms with Crippen molar-refractivity contribution >= 4 is 38.4 Å². The molecule has 10 nitrogen and oxygen atoms in total. The summed E-state index contributed by atoms with van der Waals surface area (Å²) in [5.74, 6) is -0.384. The number of benzene rings is 1. The number of carbonyl (C=O) groups excluding carboxylic acids is 1. The summed E-state index contributed by atoms with van der Waals surface area (Å²) in [6.07, 6.45) is 6.96. The fraction of sp³-hybridized carbons (Fsp3) is 0.240. The maximum Gasteiger partial charge on any atom is 0.291 e. The van der Waals surface area contributed by atoms with Gasteiger partial charge in [-0.3, -0.25) is 9.78 Å². The Morgan fingerprint density at radius 3 is 2.59 bits per heavy atom. The van der Waals surface area contributed by atoms with Crippen molar-refractivity contribution in [1.82, 2.24) is 29.1 Å². The molecule has 1 aliphatic rings. The van der Waals surface area contributed by atoms with Gasteiger partial charge in [-0.1, -0.05) is 11.6 Å². The third-order valence-corrected chi connectivity index (χ3v) is 8.35. The average molecular weight is 536 g/mol. The lowest BCUT2D eigenvalue weighted by Crippen LogP contribution is -2.56. The third-order valence-electron chi connectivity index (χ3n) is 6.33. The van der Waals surface area contributed by atoms with Gasteiger partial charge < -0.3 is 9.88 Å². The normalized spacial score (nSPS) is 16.5. The van der Waals surface area contributed by atoms with Crippen molar-refractivity contribution in [3.05, 3.63) is 72.0 Å². The number of piperazine rings is 1. The standard InChI is InChI=1S/C25H22ClN7O3S/c26-20-3-4-22-18(12-20)13-23(31-22)37(35,36)32-10-11-33(21(16-32)2-1-7-27)25(34)24-29-14-19(15-30-24)17-5-8-28-9-6-17/h3-6,8-9,12-15,21,31H,1-2,10-11,16H2. The molecule has 12 heteroatoms. The second kappa shape index (κ2) is 10.3. The first-order chi connectivity index (χ1) is 17.9. The Kier molecular flexibility index (Phi) is 6.88. The largest absolute Gasteiger partial charge is 0.345 e. The highest BCUT2D eigenvalue weighted by atomic mass is 35.5. The average Bonchev–Trinajstić information content (AvgIpc) is 3.36. The lowest BCUT2D eigenvalue weighted by molar-refractivity contribution is 0.0540. The smallest absolute Gasteiger partial charge is 0.291 e. The molecule has 0 bridgehead atoms. The minimum atomic E-state index is -3.87. The summed E-state index contributed by atoms with van der Waals surface area (Å²) < 4.78 is 28.2. The van der Waals surface area contributed by atoms with Gasteiger partial charge in [0.05, 0.1) is 6.07 Å². The summed E-state index contributed by atoms with van der Waals surface area (Å²) in [5, 5.41) is 10.4. The van der Waals surface area contributed by atoms with Crippen LogP contribution in [-0.2, 0) is 10.0 Å². The van der Waals surface area contributed by atoms with E-state index in [0.29, 0.717) is 22.3 Å². The molecule has 0 saturated carbocycles. The molecule has 4 aromatic rings. The Balaban J connectivity index is 1.36. The summed E-state index contributed by atoms with van der Waals surface area (Å²) in [5.41, 5.74) is 2.28. The van der Waals surface area contributed by atoms with E-state index in [1.165, 1.54) is 4.31 Å². The van der Waals surface area contributed by atoms with Crippen LogP contribution in [-0.4, -0.2) is 69.1 Å². The molecule has 5 rings (SSSR count). The molecule has 0 aliphatic carbocycles. The zero-order valence-corrected chi connectivity index (χ0v) is 21.2. The summed E-state index contributed by atoms with van der Waals surface area (Å²) in [4.78, 5) is 30.3. The Hall–Kier alpha value is -3.85. The lowest BCUT2D eigenvalue weighted by Gasteiger charge is -2.40. The van der Waals surface area contributed by atoms with Gasteiger partial charge in [0.2, 0.25) is 5.82 Å². The Bertz CT molecular complexity index is 1580. The molecule has 4 heterocycles. The molecule has 1 unspecified atom stereocenters. The first-order valence-electron chi connectivity index (χ1n) is 11.6. The quantitative estimate of drug-likeness (QED) is 0.399. The Labute approximate surface area is 218 Å². The van der Waals surface area contributed by atoms with Crippen LogP contribution in [0.2, 0.25) is 5.02 Å².